The lowest BCUT2D eigenvalue weighted by atomic mass is 9.44. The fourth-order valence-corrected chi connectivity index (χ4v) is 6.70. The first-order chi connectivity index (χ1) is 16.9. The summed E-state index contributed by atoms with van der Waals surface area (Å²) in [4.78, 5) is 13.9. The van der Waals surface area contributed by atoms with Gasteiger partial charge in [0.15, 0.2) is 0 Å². The number of nitriles is 3. The van der Waals surface area contributed by atoms with Crippen molar-refractivity contribution < 1.29 is 4.79 Å². The molecule has 0 saturated heterocycles. The van der Waals surface area contributed by atoms with Crippen molar-refractivity contribution in [2.75, 3.05) is 5.32 Å². The maximum atomic E-state index is 13.9. The van der Waals surface area contributed by atoms with Crippen LogP contribution in [-0.4, -0.2) is 11.6 Å². The highest BCUT2D eigenvalue weighted by molar-refractivity contribution is 9.10. The lowest BCUT2D eigenvalue weighted by Crippen LogP contribution is -2.64. The van der Waals surface area contributed by atoms with E-state index in [0.717, 1.165) is 19.3 Å². The molecule has 1 fully saturated rings. The van der Waals surface area contributed by atoms with Crippen molar-refractivity contribution in [1.82, 2.24) is 0 Å². The van der Waals surface area contributed by atoms with Crippen LogP contribution in [0.5, 0.6) is 0 Å². The van der Waals surface area contributed by atoms with Gasteiger partial charge in [-0.25, -0.2) is 0 Å². The van der Waals surface area contributed by atoms with Gasteiger partial charge in [-0.3, -0.25) is 4.79 Å². The van der Waals surface area contributed by atoms with E-state index in [1.54, 1.807) is 18.2 Å². The fraction of sp³-hybridized carbons (Fsp3) is 0.321. The van der Waals surface area contributed by atoms with Gasteiger partial charge in [0.2, 0.25) is 11.3 Å². The van der Waals surface area contributed by atoms with Gasteiger partial charge in [0, 0.05) is 16.1 Å². The molecule has 3 aliphatic rings. The summed E-state index contributed by atoms with van der Waals surface area (Å²) in [6.07, 6.45) is 5.06. The molecular formula is C28H22BrN5O. The Morgan fingerprint density at radius 1 is 1.11 bits per heavy atom. The fourth-order valence-electron chi connectivity index (χ4n) is 6.34. The molecule has 0 radical (unpaired) electrons. The van der Waals surface area contributed by atoms with Crippen LogP contribution in [0, 0.1) is 62.6 Å². The number of nitrogens with one attached hydrogen (secondary N) is 2. The summed E-state index contributed by atoms with van der Waals surface area (Å²) in [6, 6.07) is 21.8. The number of halogens is 1. The Bertz CT molecular complexity index is 1380. The van der Waals surface area contributed by atoms with E-state index in [2.05, 4.69) is 51.6 Å². The van der Waals surface area contributed by atoms with Gasteiger partial charge in [-0.1, -0.05) is 52.3 Å². The van der Waals surface area contributed by atoms with Gasteiger partial charge in [-0.05, 0) is 66.5 Å². The first kappa shape index (κ1) is 23.0. The number of allylic oxidation sites excluding steroid dienone is 2. The van der Waals surface area contributed by atoms with Crippen molar-refractivity contribution in [3.05, 3.63) is 75.8 Å². The largest absolute Gasteiger partial charge is 0.325 e. The zero-order valence-corrected chi connectivity index (χ0v) is 20.5. The first-order valence-electron chi connectivity index (χ1n) is 11.6. The topological polar surface area (TPSA) is 124 Å². The molecule has 2 aliphatic carbocycles. The third kappa shape index (κ3) is 3.10. The van der Waals surface area contributed by atoms with E-state index in [4.69, 9.17) is 5.41 Å². The molecule has 0 aromatic heterocycles. The van der Waals surface area contributed by atoms with Crippen molar-refractivity contribution in [3.8, 4) is 18.2 Å². The van der Waals surface area contributed by atoms with Crippen LogP contribution in [0.3, 0.4) is 0 Å². The normalized spacial score (nSPS) is 28.1. The standard InChI is InChI=1S/C28H22BrN5O/c29-19-9-11-24-23(13-19)28(26(35)34-24)22-12-18(7-6-17-4-2-1-3-5-17)8-10-20(22)21(14-30)25(33)27(28,15-31)16-32/h1-5,9-11,13,18,21-22,33H,6-8,12H2,(H,34,35)/t18-,21?,22+,28-/m0/s1. The van der Waals surface area contributed by atoms with Crippen molar-refractivity contribution in [2.24, 2.45) is 23.2 Å². The van der Waals surface area contributed by atoms with E-state index in [1.807, 2.05) is 24.3 Å². The van der Waals surface area contributed by atoms with Gasteiger partial charge < -0.3 is 10.7 Å². The van der Waals surface area contributed by atoms with Crippen LogP contribution in [0.15, 0.2) is 64.7 Å². The average Bonchev–Trinajstić information content (AvgIpc) is 3.17. The molecule has 2 aromatic carbocycles. The van der Waals surface area contributed by atoms with E-state index in [9.17, 15) is 20.6 Å². The summed E-state index contributed by atoms with van der Waals surface area (Å²) in [5.41, 5.74) is -0.989. The highest BCUT2D eigenvalue weighted by atomic mass is 79.9. The predicted octanol–water partition coefficient (Wildman–Crippen LogP) is 5.43. The average molecular weight is 524 g/mol. The summed E-state index contributed by atoms with van der Waals surface area (Å²) >= 11 is 3.48. The van der Waals surface area contributed by atoms with E-state index in [1.165, 1.54) is 5.56 Å². The minimum atomic E-state index is -2.09. The van der Waals surface area contributed by atoms with Gasteiger partial charge in [0.05, 0.1) is 23.9 Å². The number of hydrogen-bond donors (Lipinski definition) is 2. The van der Waals surface area contributed by atoms with Crippen LogP contribution in [0.25, 0.3) is 0 Å². The number of carbonyl (C=O) groups excluding carboxylic acids is 1. The maximum Gasteiger partial charge on any atom is 0.238 e. The molecule has 35 heavy (non-hydrogen) atoms. The van der Waals surface area contributed by atoms with Crippen LogP contribution < -0.4 is 5.32 Å². The third-order valence-corrected chi connectivity index (χ3v) is 8.45. The molecule has 1 heterocycles. The van der Waals surface area contributed by atoms with Crippen LogP contribution in [0.4, 0.5) is 5.69 Å². The molecule has 1 spiro atoms. The molecule has 4 atom stereocenters. The number of rotatable bonds is 3. The number of anilines is 1. The number of benzene rings is 2. The molecule has 1 saturated carbocycles. The van der Waals surface area contributed by atoms with Gasteiger partial charge in [0.1, 0.15) is 11.3 Å². The Morgan fingerprint density at radius 2 is 1.86 bits per heavy atom. The smallest absolute Gasteiger partial charge is 0.238 e. The summed E-state index contributed by atoms with van der Waals surface area (Å²) in [6.45, 7) is 0. The van der Waals surface area contributed by atoms with Gasteiger partial charge in [0.25, 0.3) is 0 Å². The van der Waals surface area contributed by atoms with Crippen molar-refractivity contribution in [3.63, 3.8) is 0 Å². The second-order valence-electron chi connectivity index (χ2n) is 9.52. The van der Waals surface area contributed by atoms with E-state index in [0.29, 0.717) is 27.7 Å². The zero-order valence-electron chi connectivity index (χ0n) is 18.9. The first-order valence-corrected chi connectivity index (χ1v) is 12.4. The van der Waals surface area contributed by atoms with Crippen molar-refractivity contribution in [1.29, 1.82) is 21.2 Å². The number of hydrogen-bond acceptors (Lipinski definition) is 5. The summed E-state index contributed by atoms with van der Waals surface area (Å²) in [5.74, 6) is -1.77. The Kier molecular flexibility index (Phi) is 5.59. The molecule has 7 heteroatoms. The molecule has 2 aromatic rings. The quantitative estimate of drug-likeness (QED) is 0.520. The SMILES string of the molecule is N#CC1C(=N)C(C#N)(C#N)[C@@]2(C(=O)Nc3ccc(Br)cc32)[C@@H]2C[C@@H](CCc3ccccc3)CC=C12. The second-order valence-corrected chi connectivity index (χ2v) is 10.4. The molecule has 5 rings (SSSR count). The lowest BCUT2D eigenvalue weighted by Gasteiger charge is -2.52. The highest BCUT2D eigenvalue weighted by Gasteiger charge is 2.73. The minimum absolute atomic E-state index is 0.214. The third-order valence-electron chi connectivity index (χ3n) is 7.96. The van der Waals surface area contributed by atoms with E-state index < -0.39 is 28.6 Å². The molecule has 172 valence electrons. The van der Waals surface area contributed by atoms with E-state index >= 15 is 0 Å². The Morgan fingerprint density at radius 3 is 2.54 bits per heavy atom. The maximum absolute atomic E-state index is 13.9. The van der Waals surface area contributed by atoms with Gasteiger partial charge in [-0.15, -0.1) is 0 Å². The lowest BCUT2D eigenvalue weighted by molar-refractivity contribution is -0.125. The monoisotopic (exact) mass is 523 g/mol. The molecule has 1 aliphatic heterocycles. The molecule has 1 unspecified atom stereocenters. The Labute approximate surface area is 212 Å². The highest BCUT2D eigenvalue weighted by Crippen LogP contribution is 2.63. The van der Waals surface area contributed by atoms with E-state index in [-0.39, 0.29) is 11.6 Å². The number of nitrogens with zero attached hydrogens (tertiary/aromatic N) is 3. The number of amides is 1. The molecule has 2 N–H and O–H groups in total. The summed E-state index contributed by atoms with van der Waals surface area (Å²) in [5, 5.41) is 42.7. The van der Waals surface area contributed by atoms with Crippen LogP contribution in [-0.2, 0) is 16.6 Å². The van der Waals surface area contributed by atoms with Crippen LogP contribution in [0.1, 0.15) is 30.4 Å². The number of fused-ring (bicyclic) bond motifs is 4. The Hall–Kier alpha value is -3.73. The summed E-state index contributed by atoms with van der Waals surface area (Å²) < 4.78 is 0.716. The zero-order chi connectivity index (χ0) is 24.8. The Balaban J connectivity index is 1.68. The molecular weight excluding hydrogens is 502 g/mol. The predicted molar refractivity (Wildman–Crippen MR) is 134 cm³/mol. The molecule has 1 amide bonds. The molecule has 0 bridgehead atoms. The van der Waals surface area contributed by atoms with Crippen LogP contribution >= 0.6 is 15.9 Å². The van der Waals surface area contributed by atoms with Gasteiger partial charge in [-0.2, -0.15) is 15.8 Å². The summed E-state index contributed by atoms with van der Waals surface area (Å²) in [7, 11) is 0. The number of aryl methyl sites for hydroxylation is 1. The molecule has 6 nitrogen and oxygen atoms in total. The van der Waals surface area contributed by atoms with Crippen LogP contribution in [0.2, 0.25) is 0 Å². The van der Waals surface area contributed by atoms with Gasteiger partial charge >= 0.3 is 0 Å². The second kappa shape index (κ2) is 8.49. The minimum Gasteiger partial charge on any atom is -0.325 e. The van der Waals surface area contributed by atoms with Crippen molar-refractivity contribution >= 4 is 33.2 Å². The number of carbonyl (C=O) groups is 1. The van der Waals surface area contributed by atoms with Crippen molar-refractivity contribution in [2.45, 2.75) is 31.1 Å².